The number of benzene rings is 1. The second kappa shape index (κ2) is 6.76. The molecule has 0 amide bonds. The number of aliphatic carboxylic acids is 1. The Morgan fingerprint density at radius 3 is 2.80 bits per heavy atom. The van der Waals surface area contributed by atoms with Crippen molar-refractivity contribution in [3.63, 3.8) is 0 Å². The summed E-state index contributed by atoms with van der Waals surface area (Å²) in [5.41, 5.74) is 0.154. The van der Waals surface area contributed by atoms with Gasteiger partial charge in [-0.3, -0.25) is 10.1 Å². The summed E-state index contributed by atoms with van der Waals surface area (Å²) in [4.78, 5) is 11.3. The number of hydrogen-bond donors (Lipinski definition) is 2. The summed E-state index contributed by atoms with van der Waals surface area (Å²) in [5, 5.41) is 12.1. The molecule has 1 saturated heterocycles. The Balaban J connectivity index is 2.07. The Labute approximate surface area is 115 Å². The van der Waals surface area contributed by atoms with E-state index in [0.717, 1.165) is 12.8 Å². The summed E-state index contributed by atoms with van der Waals surface area (Å²) >= 11 is 0. The largest absolute Gasteiger partial charge is 0.480 e. The van der Waals surface area contributed by atoms with Crippen LogP contribution in [0.3, 0.4) is 0 Å². The Hall–Kier alpha value is -1.53. The fourth-order valence-corrected chi connectivity index (χ4v) is 2.28. The first-order valence-corrected chi connectivity index (χ1v) is 6.53. The summed E-state index contributed by atoms with van der Waals surface area (Å²) in [6.45, 7) is 1.08. The summed E-state index contributed by atoms with van der Waals surface area (Å²) in [6.07, 6.45) is -0.765. The van der Waals surface area contributed by atoms with Crippen molar-refractivity contribution in [1.82, 2.24) is 5.32 Å². The molecule has 2 N–H and O–H groups in total. The van der Waals surface area contributed by atoms with Gasteiger partial charge in [0.2, 0.25) is 0 Å². The third kappa shape index (κ3) is 3.74. The Kier molecular flexibility index (Phi) is 5.03. The van der Waals surface area contributed by atoms with Gasteiger partial charge in [0, 0.05) is 18.7 Å². The number of carbonyl (C=O) groups is 1. The molecule has 0 saturated carbocycles. The molecule has 2 rings (SSSR count). The molecular weight excluding hydrogens is 268 g/mol. The normalized spacial score (nSPS) is 20.2. The third-order valence-corrected chi connectivity index (χ3v) is 3.32. The zero-order valence-corrected chi connectivity index (χ0v) is 10.9. The highest BCUT2D eigenvalue weighted by Crippen LogP contribution is 2.23. The van der Waals surface area contributed by atoms with Gasteiger partial charge in [-0.15, -0.1) is 0 Å². The molecule has 0 aliphatic carbocycles. The number of nitrogens with one attached hydrogen (secondary N) is 1. The van der Waals surface area contributed by atoms with Crippen LogP contribution >= 0.6 is 0 Å². The van der Waals surface area contributed by atoms with E-state index in [1.165, 1.54) is 24.3 Å². The topological polar surface area (TPSA) is 58.6 Å². The Morgan fingerprint density at radius 2 is 2.20 bits per heavy atom. The van der Waals surface area contributed by atoms with E-state index in [4.69, 9.17) is 4.74 Å². The molecule has 1 aliphatic rings. The molecular formula is C14H17F2NO3. The number of halogens is 2. The lowest BCUT2D eigenvalue weighted by molar-refractivity contribution is -0.139. The number of hydrogen-bond acceptors (Lipinski definition) is 3. The smallest absolute Gasteiger partial charge is 0.325 e. The van der Waals surface area contributed by atoms with E-state index >= 15 is 0 Å². The van der Waals surface area contributed by atoms with Crippen LogP contribution in [0.4, 0.5) is 8.78 Å². The minimum atomic E-state index is -2.61. The summed E-state index contributed by atoms with van der Waals surface area (Å²) in [7, 11) is 0. The van der Waals surface area contributed by atoms with Crippen molar-refractivity contribution in [2.45, 2.75) is 31.4 Å². The zero-order chi connectivity index (χ0) is 14.5. The van der Waals surface area contributed by atoms with Crippen molar-refractivity contribution in [2.24, 2.45) is 0 Å². The standard InChI is InChI=1S/C14H17F2NO3/c15-13(16)10-4-1-3-9(7-10)12(14(18)19)17-8-11-5-2-6-20-11/h1,3-4,7,11-13,17H,2,5-6,8H2,(H,18,19). The molecule has 1 heterocycles. The number of carboxylic acids is 1. The molecule has 6 heteroatoms. The van der Waals surface area contributed by atoms with Gasteiger partial charge in [-0.05, 0) is 24.5 Å². The quantitative estimate of drug-likeness (QED) is 0.843. The van der Waals surface area contributed by atoms with Crippen LogP contribution in [0.2, 0.25) is 0 Å². The van der Waals surface area contributed by atoms with Crippen molar-refractivity contribution >= 4 is 5.97 Å². The first kappa shape index (κ1) is 14.9. The van der Waals surface area contributed by atoms with Crippen LogP contribution in [-0.2, 0) is 9.53 Å². The van der Waals surface area contributed by atoms with Crippen LogP contribution in [-0.4, -0.2) is 30.3 Å². The van der Waals surface area contributed by atoms with Crippen molar-refractivity contribution in [2.75, 3.05) is 13.2 Å². The van der Waals surface area contributed by atoms with Gasteiger partial charge in [0.1, 0.15) is 6.04 Å². The lowest BCUT2D eigenvalue weighted by atomic mass is 10.0. The highest BCUT2D eigenvalue weighted by atomic mass is 19.3. The van der Waals surface area contributed by atoms with E-state index in [-0.39, 0.29) is 11.7 Å². The molecule has 4 nitrogen and oxygen atoms in total. The second-order valence-corrected chi connectivity index (χ2v) is 4.79. The fraction of sp³-hybridized carbons (Fsp3) is 0.500. The highest BCUT2D eigenvalue weighted by molar-refractivity contribution is 5.75. The van der Waals surface area contributed by atoms with Crippen LogP contribution in [0, 0.1) is 0 Å². The van der Waals surface area contributed by atoms with Gasteiger partial charge in [-0.2, -0.15) is 0 Å². The van der Waals surface area contributed by atoms with E-state index in [1.807, 2.05) is 0 Å². The van der Waals surface area contributed by atoms with E-state index in [9.17, 15) is 18.7 Å². The molecule has 110 valence electrons. The molecule has 0 radical (unpaired) electrons. The van der Waals surface area contributed by atoms with Gasteiger partial charge in [-0.1, -0.05) is 18.2 Å². The predicted molar refractivity (Wildman–Crippen MR) is 68.8 cm³/mol. The molecule has 2 unspecified atom stereocenters. The van der Waals surface area contributed by atoms with Crippen LogP contribution in [0.1, 0.15) is 36.4 Å². The summed E-state index contributed by atoms with van der Waals surface area (Å²) in [6, 6.07) is 4.49. The van der Waals surface area contributed by atoms with Crippen LogP contribution in [0.15, 0.2) is 24.3 Å². The van der Waals surface area contributed by atoms with E-state index < -0.39 is 18.4 Å². The van der Waals surface area contributed by atoms with Gasteiger partial charge in [-0.25, -0.2) is 8.78 Å². The molecule has 1 aliphatic heterocycles. The Morgan fingerprint density at radius 1 is 1.45 bits per heavy atom. The second-order valence-electron chi connectivity index (χ2n) is 4.79. The van der Waals surface area contributed by atoms with E-state index in [1.54, 1.807) is 0 Å². The van der Waals surface area contributed by atoms with Gasteiger partial charge in [0.05, 0.1) is 6.10 Å². The average Bonchev–Trinajstić information content (AvgIpc) is 2.92. The first-order valence-electron chi connectivity index (χ1n) is 6.53. The fourth-order valence-electron chi connectivity index (χ4n) is 2.28. The van der Waals surface area contributed by atoms with Crippen molar-refractivity contribution < 1.29 is 23.4 Å². The first-order chi connectivity index (χ1) is 9.58. The van der Waals surface area contributed by atoms with Gasteiger partial charge < -0.3 is 9.84 Å². The van der Waals surface area contributed by atoms with Gasteiger partial charge in [0.15, 0.2) is 0 Å². The maximum atomic E-state index is 12.7. The number of rotatable bonds is 6. The van der Waals surface area contributed by atoms with Crippen LogP contribution < -0.4 is 5.32 Å². The number of ether oxygens (including phenoxy) is 1. The summed E-state index contributed by atoms with van der Waals surface area (Å²) < 4.78 is 30.7. The zero-order valence-electron chi connectivity index (χ0n) is 10.9. The summed E-state index contributed by atoms with van der Waals surface area (Å²) in [5.74, 6) is -1.09. The molecule has 1 aromatic rings. The van der Waals surface area contributed by atoms with E-state index in [0.29, 0.717) is 18.7 Å². The molecule has 2 atom stereocenters. The van der Waals surface area contributed by atoms with Gasteiger partial charge in [0.25, 0.3) is 6.43 Å². The predicted octanol–water partition coefficient (Wildman–Crippen LogP) is 2.52. The lowest BCUT2D eigenvalue weighted by Gasteiger charge is -2.18. The molecule has 1 fully saturated rings. The molecule has 0 spiro atoms. The average molecular weight is 285 g/mol. The Bertz CT molecular complexity index is 461. The highest BCUT2D eigenvalue weighted by Gasteiger charge is 2.23. The maximum absolute atomic E-state index is 12.7. The van der Waals surface area contributed by atoms with Crippen molar-refractivity contribution in [3.05, 3.63) is 35.4 Å². The number of alkyl halides is 2. The molecule has 0 aromatic heterocycles. The maximum Gasteiger partial charge on any atom is 0.325 e. The van der Waals surface area contributed by atoms with Crippen molar-refractivity contribution in [1.29, 1.82) is 0 Å². The van der Waals surface area contributed by atoms with Gasteiger partial charge >= 0.3 is 5.97 Å². The monoisotopic (exact) mass is 285 g/mol. The van der Waals surface area contributed by atoms with Crippen molar-refractivity contribution in [3.8, 4) is 0 Å². The lowest BCUT2D eigenvalue weighted by Crippen LogP contribution is -2.34. The minimum Gasteiger partial charge on any atom is -0.480 e. The minimum absolute atomic E-state index is 0.00451. The molecule has 20 heavy (non-hydrogen) atoms. The molecule has 0 bridgehead atoms. The number of carboxylic acid groups (broad SMARTS) is 1. The van der Waals surface area contributed by atoms with Crippen LogP contribution in [0.5, 0.6) is 0 Å². The van der Waals surface area contributed by atoms with Crippen LogP contribution in [0.25, 0.3) is 0 Å². The SMILES string of the molecule is O=C(O)C(NCC1CCCO1)c1cccc(C(F)F)c1. The van der Waals surface area contributed by atoms with E-state index in [2.05, 4.69) is 5.32 Å². The molecule has 1 aromatic carbocycles. The third-order valence-electron chi connectivity index (χ3n) is 3.32.